The lowest BCUT2D eigenvalue weighted by molar-refractivity contribution is -0.122. The van der Waals surface area contributed by atoms with E-state index >= 15 is 0 Å². The minimum Gasteiger partial charge on any atom is -0.493 e. The third-order valence-corrected chi connectivity index (χ3v) is 5.03. The van der Waals surface area contributed by atoms with Gasteiger partial charge in [-0.25, -0.2) is 0 Å². The minimum absolute atomic E-state index is 0.0365. The first-order valence-electron chi connectivity index (χ1n) is 8.67. The fraction of sp³-hybridized carbons (Fsp3) is 0.190. The van der Waals surface area contributed by atoms with Crippen LogP contribution in [0, 0.1) is 13.8 Å². The molecule has 2 aromatic rings. The number of hydrogen-bond acceptors (Lipinski definition) is 5. The van der Waals surface area contributed by atoms with Crippen molar-refractivity contribution in [1.82, 2.24) is 5.32 Å². The molecule has 1 fully saturated rings. The molecule has 0 bridgehead atoms. The Morgan fingerprint density at radius 3 is 2.45 bits per heavy atom. The maximum atomic E-state index is 13.2. The average molecular weight is 431 g/mol. The van der Waals surface area contributed by atoms with Gasteiger partial charge in [0, 0.05) is 0 Å². The second-order valence-corrected chi connectivity index (χ2v) is 7.28. The zero-order chi connectivity index (χ0) is 21.3. The molecule has 3 rings (SSSR count). The van der Waals surface area contributed by atoms with Crippen LogP contribution in [-0.4, -0.2) is 31.1 Å². The maximum Gasteiger partial charge on any atom is 0.270 e. The molecule has 1 N–H and O–H groups in total. The summed E-state index contributed by atoms with van der Waals surface area (Å²) in [5.41, 5.74) is 2.98. The highest BCUT2D eigenvalue weighted by atomic mass is 35.5. The highest BCUT2D eigenvalue weighted by Gasteiger charge is 2.35. The van der Waals surface area contributed by atoms with Crippen molar-refractivity contribution >= 4 is 52.5 Å². The van der Waals surface area contributed by atoms with E-state index in [0.29, 0.717) is 27.8 Å². The average Bonchev–Trinajstić information content (AvgIpc) is 2.66. The second kappa shape index (κ2) is 8.23. The number of aryl methyl sites for hydroxylation is 2. The number of hydrogen-bond donors (Lipinski definition) is 1. The first-order chi connectivity index (χ1) is 13.8. The minimum atomic E-state index is -0.577. The van der Waals surface area contributed by atoms with Gasteiger partial charge in [-0.1, -0.05) is 29.3 Å². The molecule has 1 heterocycles. The fourth-order valence-electron chi connectivity index (χ4n) is 3.12. The number of ether oxygens (including phenoxy) is 2. The summed E-state index contributed by atoms with van der Waals surface area (Å²) in [6.45, 7) is 3.84. The predicted octanol–water partition coefficient (Wildman–Crippen LogP) is 3.81. The molecule has 2 amide bonds. The van der Waals surface area contributed by atoms with Gasteiger partial charge >= 0.3 is 0 Å². The van der Waals surface area contributed by atoms with Crippen molar-refractivity contribution in [3.63, 3.8) is 0 Å². The Labute approximate surface area is 179 Å². The SMILES string of the molecule is COc1cc(/C=C2\C(=O)NC(=S)N(c3ccc(C)cc3C)C2=O)cc(Cl)c1OC. The summed E-state index contributed by atoms with van der Waals surface area (Å²) in [5, 5.41) is 2.91. The van der Waals surface area contributed by atoms with E-state index in [4.69, 9.17) is 33.3 Å². The molecular formula is C21H19ClN2O4S. The van der Waals surface area contributed by atoms with E-state index < -0.39 is 11.8 Å². The van der Waals surface area contributed by atoms with Gasteiger partial charge in [-0.05, 0) is 61.5 Å². The van der Waals surface area contributed by atoms with Crippen molar-refractivity contribution in [2.24, 2.45) is 0 Å². The third kappa shape index (κ3) is 3.97. The number of nitrogens with one attached hydrogen (secondary N) is 1. The van der Waals surface area contributed by atoms with E-state index in [2.05, 4.69) is 5.32 Å². The molecule has 1 aliphatic rings. The van der Waals surface area contributed by atoms with Gasteiger partial charge in [0.15, 0.2) is 16.6 Å². The van der Waals surface area contributed by atoms with Crippen molar-refractivity contribution in [1.29, 1.82) is 0 Å². The Balaban J connectivity index is 2.07. The number of thiocarbonyl (C=S) groups is 1. The fourth-order valence-corrected chi connectivity index (χ4v) is 3.69. The summed E-state index contributed by atoms with van der Waals surface area (Å²) in [6.07, 6.45) is 1.45. The lowest BCUT2D eigenvalue weighted by atomic mass is 10.0. The second-order valence-electron chi connectivity index (χ2n) is 6.49. The molecule has 29 heavy (non-hydrogen) atoms. The van der Waals surface area contributed by atoms with Crippen LogP contribution < -0.4 is 19.7 Å². The first-order valence-corrected chi connectivity index (χ1v) is 9.45. The number of carbonyl (C=O) groups excluding carboxylic acids is 2. The molecule has 8 heteroatoms. The number of carbonyl (C=O) groups is 2. The lowest BCUT2D eigenvalue weighted by Gasteiger charge is -2.30. The van der Waals surface area contributed by atoms with E-state index in [0.717, 1.165) is 11.1 Å². The van der Waals surface area contributed by atoms with Crippen LogP contribution in [0.3, 0.4) is 0 Å². The zero-order valence-electron chi connectivity index (χ0n) is 16.3. The van der Waals surface area contributed by atoms with Gasteiger partial charge in [0.1, 0.15) is 5.57 Å². The smallest absolute Gasteiger partial charge is 0.270 e. The standard InChI is InChI=1S/C21H19ClN2O4S/c1-11-5-6-16(12(2)7-11)24-20(26)14(19(25)23-21(24)29)8-13-9-15(22)18(28-4)17(10-13)27-3/h5-10H,1-4H3,(H,23,25,29)/b14-8+. The van der Waals surface area contributed by atoms with Crippen molar-refractivity contribution < 1.29 is 19.1 Å². The normalized spacial score (nSPS) is 15.6. The largest absolute Gasteiger partial charge is 0.493 e. The van der Waals surface area contributed by atoms with Crippen LogP contribution in [0.4, 0.5) is 5.69 Å². The van der Waals surface area contributed by atoms with E-state index in [1.165, 1.54) is 25.2 Å². The molecule has 0 saturated carbocycles. The van der Waals surface area contributed by atoms with Gasteiger partial charge in [0.25, 0.3) is 11.8 Å². The predicted molar refractivity (Wildman–Crippen MR) is 117 cm³/mol. The number of anilines is 1. The molecule has 1 saturated heterocycles. The summed E-state index contributed by atoms with van der Waals surface area (Å²) >= 11 is 11.5. The van der Waals surface area contributed by atoms with Crippen molar-refractivity contribution in [2.75, 3.05) is 19.1 Å². The molecule has 0 spiro atoms. The van der Waals surface area contributed by atoms with E-state index in [1.807, 2.05) is 26.0 Å². The summed E-state index contributed by atoms with van der Waals surface area (Å²) < 4.78 is 10.5. The lowest BCUT2D eigenvalue weighted by Crippen LogP contribution is -2.54. The van der Waals surface area contributed by atoms with Gasteiger partial charge in [-0.2, -0.15) is 0 Å². The Hall–Kier alpha value is -2.90. The topological polar surface area (TPSA) is 67.9 Å². The number of rotatable bonds is 4. The van der Waals surface area contributed by atoms with Crippen LogP contribution >= 0.6 is 23.8 Å². The number of amides is 2. The molecular weight excluding hydrogens is 412 g/mol. The number of benzene rings is 2. The Bertz CT molecular complexity index is 1060. The monoisotopic (exact) mass is 430 g/mol. The van der Waals surface area contributed by atoms with Gasteiger partial charge in [0.05, 0.1) is 24.9 Å². The van der Waals surface area contributed by atoms with Crippen LogP contribution in [0.15, 0.2) is 35.9 Å². The maximum absolute atomic E-state index is 13.2. The van der Waals surface area contributed by atoms with Gasteiger partial charge < -0.3 is 9.47 Å². The summed E-state index contributed by atoms with van der Waals surface area (Å²) in [6, 6.07) is 8.85. The first kappa shape index (κ1) is 20.8. The Morgan fingerprint density at radius 2 is 1.83 bits per heavy atom. The molecule has 0 unspecified atom stereocenters. The molecule has 0 aromatic heterocycles. The van der Waals surface area contributed by atoms with Crippen molar-refractivity contribution in [3.05, 3.63) is 57.6 Å². The molecule has 2 aromatic carbocycles. The van der Waals surface area contributed by atoms with Gasteiger partial charge in [-0.3, -0.25) is 19.8 Å². The molecule has 6 nitrogen and oxygen atoms in total. The molecule has 1 aliphatic heterocycles. The summed E-state index contributed by atoms with van der Waals surface area (Å²) in [4.78, 5) is 27.0. The third-order valence-electron chi connectivity index (χ3n) is 4.46. The van der Waals surface area contributed by atoms with Crippen LogP contribution in [-0.2, 0) is 9.59 Å². The van der Waals surface area contributed by atoms with E-state index in [-0.39, 0.29) is 10.7 Å². The van der Waals surface area contributed by atoms with Gasteiger partial charge in [0.2, 0.25) is 0 Å². The van der Waals surface area contributed by atoms with Crippen LogP contribution in [0.2, 0.25) is 5.02 Å². The number of halogens is 1. The van der Waals surface area contributed by atoms with Crippen molar-refractivity contribution in [3.8, 4) is 11.5 Å². The summed E-state index contributed by atoms with van der Waals surface area (Å²) in [5.74, 6) is -0.338. The molecule has 0 atom stereocenters. The molecule has 0 radical (unpaired) electrons. The highest BCUT2D eigenvalue weighted by Crippen LogP contribution is 2.37. The zero-order valence-corrected chi connectivity index (χ0v) is 17.9. The molecule has 150 valence electrons. The summed E-state index contributed by atoms with van der Waals surface area (Å²) in [7, 11) is 2.95. The van der Waals surface area contributed by atoms with E-state index in [9.17, 15) is 9.59 Å². The van der Waals surface area contributed by atoms with E-state index in [1.54, 1.807) is 18.2 Å². The van der Waals surface area contributed by atoms with Crippen LogP contribution in [0.25, 0.3) is 6.08 Å². The Kier molecular flexibility index (Phi) is 5.91. The van der Waals surface area contributed by atoms with Crippen LogP contribution in [0.1, 0.15) is 16.7 Å². The van der Waals surface area contributed by atoms with Crippen LogP contribution in [0.5, 0.6) is 11.5 Å². The van der Waals surface area contributed by atoms with Crippen molar-refractivity contribution in [2.45, 2.75) is 13.8 Å². The quantitative estimate of drug-likeness (QED) is 0.454. The van der Waals surface area contributed by atoms with Gasteiger partial charge in [-0.15, -0.1) is 0 Å². The number of methoxy groups -OCH3 is 2. The highest BCUT2D eigenvalue weighted by molar-refractivity contribution is 7.80. The number of nitrogens with zero attached hydrogens (tertiary/aromatic N) is 1. The Morgan fingerprint density at radius 1 is 1.10 bits per heavy atom. The molecule has 0 aliphatic carbocycles.